The summed E-state index contributed by atoms with van der Waals surface area (Å²) in [5.41, 5.74) is 2.82. The van der Waals surface area contributed by atoms with Gasteiger partial charge in [0.1, 0.15) is 24.3 Å². The molecule has 5 nitrogen and oxygen atoms in total. The fourth-order valence-electron chi connectivity index (χ4n) is 3.00. The van der Waals surface area contributed by atoms with E-state index in [0.29, 0.717) is 30.5 Å². The van der Waals surface area contributed by atoms with Gasteiger partial charge in [-0.25, -0.2) is 4.98 Å². The van der Waals surface area contributed by atoms with Gasteiger partial charge in [-0.1, -0.05) is 54.9 Å². The molecule has 0 fully saturated rings. The molecule has 0 saturated heterocycles. The van der Waals surface area contributed by atoms with Crippen LogP contribution in [0.3, 0.4) is 0 Å². The quantitative estimate of drug-likeness (QED) is 0.443. The van der Waals surface area contributed by atoms with Crippen LogP contribution < -0.4 is 10.1 Å². The topological polar surface area (TPSA) is 60.5 Å². The number of rotatable bonds is 10. The van der Waals surface area contributed by atoms with Gasteiger partial charge in [-0.15, -0.1) is 0 Å². The highest BCUT2D eigenvalue weighted by atomic mass is 35.5. The van der Waals surface area contributed by atoms with Crippen LogP contribution in [0.15, 0.2) is 66.7 Å². The second-order valence-corrected chi connectivity index (χ2v) is 7.66. The third-order valence-electron chi connectivity index (χ3n) is 4.63. The van der Waals surface area contributed by atoms with Crippen LogP contribution in [-0.4, -0.2) is 23.6 Å². The number of hydrogen-bond acceptors (Lipinski definition) is 4. The standard InChI is InChI=1S/C25H27ClN2O3/c1-3-14-30-18(2)25(29)28-24-11-7-10-22(27-24)16-20-15-21(26)12-13-23(20)31-17-19-8-5-4-6-9-19/h4-13,15,18H,3,14,16-17H2,1-2H3,(H,27,28,29). The molecular formula is C25H27ClN2O3. The van der Waals surface area contributed by atoms with E-state index in [4.69, 9.17) is 21.1 Å². The van der Waals surface area contributed by atoms with Crippen LogP contribution >= 0.6 is 11.6 Å². The summed E-state index contributed by atoms with van der Waals surface area (Å²) in [6.07, 6.45) is 0.854. The largest absolute Gasteiger partial charge is 0.489 e. The molecular weight excluding hydrogens is 412 g/mol. The lowest BCUT2D eigenvalue weighted by atomic mass is 10.1. The Balaban J connectivity index is 1.70. The summed E-state index contributed by atoms with van der Waals surface area (Å²) < 4.78 is 11.5. The summed E-state index contributed by atoms with van der Waals surface area (Å²) in [5.74, 6) is 1.03. The van der Waals surface area contributed by atoms with Gasteiger partial charge in [-0.05, 0) is 49.2 Å². The number of anilines is 1. The average Bonchev–Trinajstić information content (AvgIpc) is 2.78. The SMILES string of the molecule is CCCOC(C)C(=O)Nc1cccc(Cc2cc(Cl)ccc2OCc2ccccc2)n1. The van der Waals surface area contributed by atoms with Crippen LogP contribution in [0.1, 0.15) is 37.1 Å². The van der Waals surface area contributed by atoms with Crippen molar-refractivity contribution in [3.05, 3.63) is 88.6 Å². The van der Waals surface area contributed by atoms with Crippen molar-refractivity contribution in [2.75, 3.05) is 11.9 Å². The number of amides is 1. The monoisotopic (exact) mass is 438 g/mol. The van der Waals surface area contributed by atoms with Gasteiger partial charge in [0.05, 0.1) is 0 Å². The van der Waals surface area contributed by atoms with E-state index in [1.807, 2.05) is 67.6 Å². The fraction of sp³-hybridized carbons (Fsp3) is 0.280. The Bertz CT molecular complexity index is 995. The highest BCUT2D eigenvalue weighted by Crippen LogP contribution is 2.26. The normalized spacial score (nSPS) is 11.7. The van der Waals surface area contributed by atoms with Crippen molar-refractivity contribution >= 4 is 23.3 Å². The number of aromatic nitrogens is 1. The number of nitrogens with one attached hydrogen (secondary N) is 1. The van der Waals surface area contributed by atoms with Crippen molar-refractivity contribution < 1.29 is 14.3 Å². The Kier molecular flexibility index (Phi) is 8.44. The summed E-state index contributed by atoms with van der Waals surface area (Å²) in [7, 11) is 0. The van der Waals surface area contributed by atoms with E-state index in [1.165, 1.54) is 0 Å². The third-order valence-corrected chi connectivity index (χ3v) is 4.87. The van der Waals surface area contributed by atoms with E-state index in [1.54, 1.807) is 13.0 Å². The van der Waals surface area contributed by atoms with E-state index in [2.05, 4.69) is 10.3 Å². The maximum Gasteiger partial charge on any atom is 0.254 e. The van der Waals surface area contributed by atoms with Crippen LogP contribution in [0.4, 0.5) is 5.82 Å². The fourth-order valence-corrected chi connectivity index (χ4v) is 3.20. The molecule has 0 aliphatic carbocycles. The minimum atomic E-state index is -0.531. The molecule has 0 spiro atoms. The van der Waals surface area contributed by atoms with Crippen LogP contribution in [0.2, 0.25) is 5.02 Å². The van der Waals surface area contributed by atoms with Crippen molar-refractivity contribution in [3.8, 4) is 5.75 Å². The number of pyridine rings is 1. The Labute approximate surface area is 188 Å². The zero-order valence-corrected chi connectivity index (χ0v) is 18.6. The molecule has 1 aromatic heterocycles. The third kappa shape index (κ3) is 7.09. The van der Waals surface area contributed by atoms with Gasteiger partial charge < -0.3 is 14.8 Å². The maximum atomic E-state index is 12.3. The van der Waals surface area contributed by atoms with Crippen molar-refractivity contribution in [1.82, 2.24) is 4.98 Å². The summed E-state index contributed by atoms with van der Waals surface area (Å²) >= 11 is 6.23. The smallest absolute Gasteiger partial charge is 0.254 e. The van der Waals surface area contributed by atoms with E-state index in [9.17, 15) is 4.79 Å². The van der Waals surface area contributed by atoms with Gasteiger partial charge in [-0.3, -0.25) is 4.79 Å². The van der Waals surface area contributed by atoms with Crippen LogP contribution in [0.25, 0.3) is 0 Å². The molecule has 0 radical (unpaired) electrons. The molecule has 0 aliphatic heterocycles. The van der Waals surface area contributed by atoms with Gasteiger partial charge in [0.25, 0.3) is 5.91 Å². The molecule has 1 N–H and O–H groups in total. The van der Waals surface area contributed by atoms with E-state index < -0.39 is 6.10 Å². The summed E-state index contributed by atoms with van der Waals surface area (Å²) in [6, 6.07) is 21.1. The minimum Gasteiger partial charge on any atom is -0.489 e. The Hall–Kier alpha value is -2.89. The second kappa shape index (κ2) is 11.5. The Morgan fingerprint density at radius 3 is 2.68 bits per heavy atom. The van der Waals surface area contributed by atoms with Gasteiger partial charge in [-0.2, -0.15) is 0 Å². The molecule has 6 heteroatoms. The molecule has 3 rings (SSSR count). The number of nitrogens with zero attached hydrogens (tertiary/aromatic N) is 1. The van der Waals surface area contributed by atoms with Gasteiger partial charge in [0.2, 0.25) is 0 Å². The van der Waals surface area contributed by atoms with Crippen LogP contribution in [0.5, 0.6) is 5.75 Å². The second-order valence-electron chi connectivity index (χ2n) is 7.22. The predicted molar refractivity (Wildman–Crippen MR) is 124 cm³/mol. The van der Waals surface area contributed by atoms with Gasteiger partial charge in [0, 0.05) is 29.3 Å². The molecule has 31 heavy (non-hydrogen) atoms. The van der Waals surface area contributed by atoms with Gasteiger partial charge in [0.15, 0.2) is 0 Å². The predicted octanol–water partition coefficient (Wildman–Crippen LogP) is 5.66. The highest BCUT2D eigenvalue weighted by Gasteiger charge is 2.14. The molecule has 2 aromatic carbocycles. The molecule has 0 aliphatic rings. The lowest BCUT2D eigenvalue weighted by Gasteiger charge is -2.14. The van der Waals surface area contributed by atoms with Crippen molar-refractivity contribution in [2.24, 2.45) is 0 Å². The first-order chi connectivity index (χ1) is 15.0. The van der Waals surface area contributed by atoms with Crippen molar-refractivity contribution in [3.63, 3.8) is 0 Å². The molecule has 1 unspecified atom stereocenters. The number of carbonyl (C=O) groups is 1. The molecule has 1 atom stereocenters. The number of benzene rings is 2. The van der Waals surface area contributed by atoms with E-state index in [-0.39, 0.29) is 5.91 Å². The number of carbonyl (C=O) groups excluding carboxylic acids is 1. The zero-order chi connectivity index (χ0) is 22.1. The number of halogens is 1. The molecule has 0 bridgehead atoms. The maximum absolute atomic E-state index is 12.3. The van der Waals surface area contributed by atoms with Crippen LogP contribution in [-0.2, 0) is 22.6 Å². The van der Waals surface area contributed by atoms with E-state index >= 15 is 0 Å². The molecule has 162 valence electrons. The van der Waals surface area contributed by atoms with Gasteiger partial charge >= 0.3 is 0 Å². The summed E-state index contributed by atoms with van der Waals surface area (Å²) in [5, 5.41) is 3.45. The molecule has 1 heterocycles. The first kappa shape index (κ1) is 22.8. The highest BCUT2D eigenvalue weighted by molar-refractivity contribution is 6.30. The lowest BCUT2D eigenvalue weighted by Crippen LogP contribution is -2.28. The first-order valence-electron chi connectivity index (χ1n) is 10.4. The molecule has 0 saturated carbocycles. The summed E-state index contributed by atoms with van der Waals surface area (Å²) in [4.78, 5) is 16.9. The van der Waals surface area contributed by atoms with Crippen molar-refractivity contribution in [2.45, 2.75) is 39.4 Å². The Morgan fingerprint density at radius 2 is 1.90 bits per heavy atom. The Morgan fingerprint density at radius 1 is 1.10 bits per heavy atom. The molecule has 1 amide bonds. The van der Waals surface area contributed by atoms with Crippen molar-refractivity contribution in [1.29, 1.82) is 0 Å². The lowest BCUT2D eigenvalue weighted by molar-refractivity contribution is -0.126. The van der Waals surface area contributed by atoms with E-state index in [0.717, 1.165) is 29.0 Å². The zero-order valence-electron chi connectivity index (χ0n) is 17.8. The minimum absolute atomic E-state index is 0.215. The number of ether oxygens (including phenoxy) is 2. The summed E-state index contributed by atoms with van der Waals surface area (Å²) in [6.45, 7) is 4.75. The van der Waals surface area contributed by atoms with Crippen LogP contribution in [0, 0.1) is 0 Å². The molecule has 3 aromatic rings. The average molecular weight is 439 g/mol. The number of hydrogen-bond donors (Lipinski definition) is 1. The first-order valence-corrected chi connectivity index (χ1v) is 10.8.